The highest BCUT2D eigenvalue weighted by Crippen LogP contribution is 2.26. The Morgan fingerprint density at radius 1 is 1.17 bits per heavy atom. The van der Waals surface area contributed by atoms with E-state index in [2.05, 4.69) is 20.9 Å². The summed E-state index contributed by atoms with van der Waals surface area (Å²) in [5.74, 6) is 0.250. The summed E-state index contributed by atoms with van der Waals surface area (Å²) in [5, 5.41) is 8.82. The minimum atomic E-state index is -0.487. The van der Waals surface area contributed by atoms with Gasteiger partial charge in [-0.3, -0.25) is 9.79 Å². The highest BCUT2D eigenvalue weighted by molar-refractivity contribution is 14.0. The first-order valence-corrected chi connectivity index (χ1v) is 8.99. The molecular formula is C20H23F2IN4O2. The van der Waals surface area contributed by atoms with E-state index in [9.17, 15) is 13.6 Å². The third kappa shape index (κ3) is 6.55. The first kappa shape index (κ1) is 22.9. The molecule has 2 aromatic carbocycles. The molecule has 0 fully saturated rings. The summed E-state index contributed by atoms with van der Waals surface area (Å²) in [6.07, 6.45) is 1.18. The summed E-state index contributed by atoms with van der Waals surface area (Å²) >= 11 is 0. The van der Waals surface area contributed by atoms with E-state index in [1.165, 1.54) is 0 Å². The van der Waals surface area contributed by atoms with Crippen LogP contribution in [0, 0.1) is 11.6 Å². The summed E-state index contributed by atoms with van der Waals surface area (Å²) in [5.41, 5.74) is 2.11. The fraction of sp³-hybridized carbons (Fsp3) is 0.300. The maximum absolute atomic E-state index is 13.6. The van der Waals surface area contributed by atoms with Crippen molar-refractivity contribution in [3.8, 4) is 5.75 Å². The van der Waals surface area contributed by atoms with Crippen LogP contribution in [0.15, 0.2) is 41.4 Å². The van der Waals surface area contributed by atoms with E-state index in [0.717, 1.165) is 35.2 Å². The van der Waals surface area contributed by atoms with E-state index in [-0.39, 0.29) is 42.0 Å². The van der Waals surface area contributed by atoms with E-state index in [0.29, 0.717) is 32.0 Å². The lowest BCUT2D eigenvalue weighted by molar-refractivity contribution is -0.116. The van der Waals surface area contributed by atoms with Crippen LogP contribution >= 0.6 is 24.0 Å². The van der Waals surface area contributed by atoms with Crippen molar-refractivity contribution in [1.29, 1.82) is 0 Å². The number of aliphatic imine (C=N–C) groups is 1. The Morgan fingerprint density at radius 2 is 2.00 bits per heavy atom. The van der Waals surface area contributed by atoms with Crippen molar-refractivity contribution >= 4 is 41.5 Å². The summed E-state index contributed by atoms with van der Waals surface area (Å²) in [7, 11) is 1.59. The molecule has 0 spiro atoms. The number of anilines is 1. The molecule has 1 aliphatic heterocycles. The second-order valence-electron chi connectivity index (χ2n) is 6.30. The lowest BCUT2D eigenvalue weighted by Gasteiger charge is -2.18. The van der Waals surface area contributed by atoms with E-state index in [4.69, 9.17) is 4.74 Å². The highest BCUT2D eigenvalue weighted by Gasteiger charge is 2.15. The van der Waals surface area contributed by atoms with Crippen LogP contribution in [-0.2, 0) is 17.8 Å². The second kappa shape index (κ2) is 10.9. The number of aryl methyl sites for hydroxylation is 1. The van der Waals surface area contributed by atoms with Gasteiger partial charge >= 0.3 is 0 Å². The Labute approximate surface area is 185 Å². The number of amides is 1. The predicted octanol–water partition coefficient (Wildman–Crippen LogP) is 3.21. The van der Waals surface area contributed by atoms with Gasteiger partial charge in [0.05, 0.1) is 6.54 Å². The molecule has 1 amide bonds. The Hall–Kier alpha value is -2.43. The van der Waals surface area contributed by atoms with Gasteiger partial charge in [-0.2, -0.15) is 0 Å². The molecule has 0 saturated heterocycles. The lowest BCUT2D eigenvalue weighted by atomic mass is 10.0. The summed E-state index contributed by atoms with van der Waals surface area (Å²) in [6.45, 7) is 0.972. The number of fused-ring (bicyclic) bond motifs is 1. The number of hydrogen-bond donors (Lipinski definition) is 3. The van der Waals surface area contributed by atoms with E-state index >= 15 is 0 Å². The average molecular weight is 516 g/mol. The number of carbonyl (C=O) groups excluding carboxylic acids is 1. The molecular weight excluding hydrogens is 493 g/mol. The van der Waals surface area contributed by atoms with Crippen LogP contribution in [0.3, 0.4) is 0 Å². The second-order valence-corrected chi connectivity index (χ2v) is 6.30. The Balaban J connectivity index is 0.00000300. The van der Waals surface area contributed by atoms with Crippen LogP contribution in [0.5, 0.6) is 5.75 Å². The van der Waals surface area contributed by atoms with Gasteiger partial charge in [0.2, 0.25) is 5.91 Å². The molecule has 3 rings (SSSR count). The van der Waals surface area contributed by atoms with Crippen LogP contribution in [-0.4, -0.2) is 32.1 Å². The minimum Gasteiger partial charge on any atom is -0.492 e. The monoisotopic (exact) mass is 516 g/mol. The number of halogens is 3. The Bertz CT molecular complexity index is 893. The quantitative estimate of drug-likeness (QED) is 0.239. The van der Waals surface area contributed by atoms with Crippen LogP contribution in [0.2, 0.25) is 0 Å². The first-order valence-electron chi connectivity index (χ1n) is 8.99. The zero-order chi connectivity index (χ0) is 19.9. The fourth-order valence-corrected chi connectivity index (χ4v) is 2.87. The largest absolute Gasteiger partial charge is 0.492 e. The van der Waals surface area contributed by atoms with Crippen LogP contribution < -0.4 is 20.7 Å². The van der Waals surface area contributed by atoms with Gasteiger partial charge in [0.15, 0.2) is 5.96 Å². The molecule has 0 unspecified atom stereocenters. The Kier molecular flexibility index (Phi) is 8.62. The van der Waals surface area contributed by atoms with Crippen molar-refractivity contribution in [2.75, 3.05) is 25.5 Å². The maximum Gasteiger partial charge on any atom is 0.224 e. The molecule has 1 heterocycles. The molecule has 0 bridgehead atoms. The summed E-state index contributed by atoms with van der Waals surface area (Å²) in [6, 6.07) is 8.90. The Morgan fingerprint density at radius 3 is 2.79 bits per heavy atom. The third-order valence-corrected chi connectivity index (χ3v) is 4.31. The number of benzene rings is 2. The number of hydrogen-bond acceptors (Lipinski definition) is 3. The normalized spacial score (nSPS) is 13.1. The van der Waals surface area contributed by atoms with Gasteiger partial charge in [-0.05, 0) is 48.4 Å². The predicted molar refractivity (Wildman–Crippen MR) is 119 cm³/mol. The molecule has 3 N–H and O–H groups in total. The number of guanidine groups is 1. The molecule has 29 heavy (non-hydrogen) atoms. The van der Waals surface area contributed by atoms with Crippen molar-refractivity contribution < 1.29 is 18.3 Å². The minimum absolute atomic E-state index is 0. The number of rotatable bonds is 6. The van der Waals surface area contributed by atoms with Gasteiger partial charge in [-0.15, -0.1) is 24.0 Å². The molecule has 0 radical (unpaired) electrons. The molecule has 0 aromatic heterocycles. The number of ether oxygens (including phenoxy) is 1. The maximum atomic E-state index is 13.6. The number of carbonyl (C=O) groups is 1. The molecule has 156 valence electrons. The van der Waals surface area contributed by atoms with E-state index in [1.54, 1.807) is 7.05 Å². The van der Waals surface area contributed by atoms with Gasteiger partial charge < -0.3 is 20.7 Å². The van der Waals surface area contributed by atoms with Crippen LogP contribution in [0.4, 0.5) is 14.5 Å². The summed E-state index contributed by atoms with van der Waals surface area (Å²) in [4.78, 5) is 15.4. The molecule has 0 saturated carbocycles. The van der Waals surface area contributed by atoms with E-state index < -0.39 is 11.6 Å². The van der Waals surface area contributed by atoms with Crippen LogP contribution in [0.25, 0.3) is 0 Å². The zero-order valence-corrected chi connectivity index (χ0v) is 18.3. The van der Waals surface area contributed by atoms with Gasteiger partial charge in [-0.25, -0.2) is 8.78 Å². The van der Waals surface area contributed by atoms with Crippen LogP contribution in [0.1, 0.15) is 17.5 Å². The number of nitrogens with zero attached hydrogens (tertiary/aromatic N) is 1. The highest BCUT2D eigenvalue weighted by atomic mass is 127. The zero-order valence-electron chi connectivity index (χ0n) is 15.9. The van der Waals surface area contributed by atoms with Crippen molar-refractivity contribution in [2.24, 2.45) is 4.99 Å². The van der Waals surface area contributed by atoms with Gasteiger partial charge in [0.25, 0.3) is 0 Å². The summed E-state index contributed by atoms with van der Waals surface area (Å²) < 4.78 is 32.6. The first-order chi connectivity index (χ1) is 13.5. The van der Waals surface area contributed by atoms with Crippen molar-refractivity contribution in [2.45, 2.75) is 19.4 Å². The van der Waals surface area contributed by atoms with Crippen molar-refractivity contribution in [1.82, 2.24) is 10.6 Å². The molecule has 0 atom stereocenters. The lowest BCUT2D eigenvalue weighted by Crippen LogP contribution is -2.39. The topological polar surface area (TPSA) is 74.8 Å². The molecule has 9 heteroatoms. The fourth-order valence-electron chi connectivity index (χ4n) is 2.87. The third-order valence-electron chi connectivity index (χ3n) is 4.31. The van der Waals surface area contributed by atoms with Gasteiger partial charge in [-0.1, -0.05) is 0 Å². The van der Waals surface area contributed by atoms with Gasteiger partial charge in [0, 0.05) is 31.3 Å². The molecule has 6 nitrogen and oxygen atoms in total. The van der Waals surface area contributed by atoms with Crippen molar-refractivity contribution in [3.63, 3.8) is 0 Å². The molecule has 1 aliphatic rings. The average Bonchev–Trinajstić information content (AvgIpc) is 2.69. The molecule has 2 aromatic rings. The molecule has 0 aliphatic carbocycles. The van der Waals surface area contributed by atoms with Gasteiger partial charge in [0.1, 0.15) is 24.0 Å². The smallest absolute Gasteiger partial charge is 0.224 e. The van der Waals surface area contributed by atoms with E-state index in [1.807, 2.05) is 18.2 Å². The SMILES string of the molecule is CN=C(NCCOc1ccc2c(c1)CCC(=O)N2)NCc1cc(F)ccc1F.I. The van der Waals surface area contributed by atoms with Crippen molar-refractivity contribution in [3.05, 3.63) is 59.2 Å². The standard InChI is InChI=1S/C20H22F2N4O2.HI/c1-23-20(25-12-14-10-15(21)3-5-17(14)22)24-8-9-28-16-4-6-18-13(11-16)2-7-19(27)26-18;/h3-6,10-11H,2,7-9,12H2,1H3,(H,26,27)(H2,23,24,25);1H. The number of nitrogens with one attached hydrogen (secondary N) is 3.